The van der Waals surface area contributed by atoms with Crippen LogP contribution in [-0.2, 0) is 36.9 Å². The second-order valence-electron chi connectivity index (χ2n) is 22.2. The van der Waals surface area contributed by atoms with Gasteiger partial charge in [0.1, 0.15) is 45.7 Å². The Hall–Kier alpha value is -8.41. The zero-order valence-corrected chi connectivity index (χ0v) is 47.5. The summed E-state index contributed by atoms with van der Waals surface area (Å²) in [6.45, 7) is 5.02. The van der Waals surface area contributed by atoms with Gasteiger partial charge in [-0.15, -0.1) is 0 Å². The second-order valence-corrected chi connectivity index (χ2v) is 23.0. The third-order valence-corrected chi connectivity index (χ3v) is 17.7. The van der Waals surface area contributed by atoms with E-state index in [1.807, 2.05) is 6.92 Å². The number of phenols is 2. The summed E-state index contributed by atoms with van der Waals surface area (Å²) in [5.41, 5.74) is -3.00. The first-order valence-corrected chi connectivity index (χ1v) is 26.6. The lowest BCUT2D eigenvalue weighted by atomic mass is 9.55. The molecule has 0 radical (unpaired) electrons. The molecule has 1 aliphatic heterocycles. The number of likely N-dealkylation sites (N-methyl/N-ethyl adjacent to an activating group) is 2. The van der Waals surface area contributed by atoms with Crippen molar-refractivity contribution in [2.45, 2.75) is 74.6 Å². The Morgan fingerprint density at radius 1 is 0.671 bits per heavy atom. The fourth-order valence-corrected chi connectivity index (χ4v) is 13.9. The summed E-state index contributed by atoms with van der Waals surface area (Å²) >= 11 is 12.5. The number of halogens is 2. The summed E-state index contributed by atoms with van der Waals surface area (Å²) in [6, 6.07) is 5.73. The van der Waals surface area contributed by atoms with E-state index in [9.17, 15) is 89.4 Å². The predicted octanol–water partition coefficient (Wildman–Crippen LogP) is 1.72. The normalized spacial score (nSPS) is 29.1. The average molecular weight is 1220 g/mol. The van der Waals surface area contributed by atoms with Gasteiger partial charge in [-0.1, -0.05) is 23.2 Å². The van der Waals surface area contributed by atoms with Crippen LogP contribution in [0.4, 0.5) is 0 Å². The zero-order valence-electron chi connectivity index (χ0n) is 46.0. The van der Waals surface area contributed by atoms with E-state index in [2.05, 4.69) is 5.10 Å². The van der Waals surface area contributed by atoms with Crippen molar-refractivity contribution < 1.29 is 99.2 Å². The van der Waals surface area contributed by atoms with Gasteiger partial charge in [0.25, 0.3) is 11.8 Å². The van der Waals surface area contributed by atoms with Crippen molar-refractivity contribution in [3.8, 4) is 23.0 Å². The molecule has 2 heterocycles. The molecule has 6 aliphatic carbocycles. The molecule has 450 valence electrons. The molecule has 2 amide bonds. The van der Waals surface area contributed by atoms with Gasteiger partial charge >= 0.3 is 5.97 Å². The monoisotopic (exact) mass is 1220 g/mol. The first-order valence-electron chi connectivity index (χ1n) is 25.8. The molecule has 0 fully saturated rings. The van der Waals surface area contributed by atoms with Gasteiger partial charge in [-0.05, 0) is 92.1 Å². The number of aryl methyl sites for hydroxylation is 1. The second kappa shape index (κ2) is 20.7. The number of fused-ring (bicyclic) bond motifs is 8. The van der Waals surface area contributed by atoms with Gasteiger partial charge in [0, 0.05) is 68.6 Å². The van der Waals surface area contributed by atoms with Crippen LogP contribution >= 0.6 is 23.2 Å². The van der Waals surface area contributed by atoms with Gasteiger partial charge in [0.15, 0.2) is 34.3 Å². The molecule has 27 nitrogen and oxygen atoms in total. The van der Waals surface area contributed by atoms with Crippen molar-refractivity contribution in [3.05, 3.63) is 130 Å². The summed E-state index contributed by atoms with van der Waals surface area (Å²) < 4.78 is 11.9. The number of aromatic carboxylic acids is 1. The van der Waals surface area contributed by atoms with Crippen LogP contribution in [0.15, 0.2) is 86.5 Å². The maximum atomic E-state index is 13.4. The Kier molecular flexibility index (Phi) is 14.9. The van der Waals surface area contributed by atoms with Gasteiger partial charge in [-0.25, -0.2) is 4.79 Å². The van der Waals surface area contributed by atoms with Crippen molar-refractivity contribution in [3.63, 3.8) is 0 Å². The number of benzene rings is 3. The zero-order chi connectivity index (χ0) is 63.1. The number of hydrogen-bond acceptors (Lipinski definition) is 23. The molecule has 3 aromatic carbocycles. The molecule has 11 rings (SSSR count). The fraction of sp³-hybridized carbons (Fsp3) is 0.375. The number of aromatic nitrogens is 2. The molecule has 0 saturated heterocycles. The number of aromatic hydroxyl groups is 2. The number of aliphatic hydroxyl groups excluding tert-OH is 4. The molecule has 4 aromatic rings. The summed E-state index contributed by atoms with van der Waals surface area (Å²) in [5, 5.41) is 124. The lowest BCUT2D eigenvalue weighted by molar-refractivity contribution is -0.152. The number of phenolic OH excluding ortho intramolecular Hbond substituents is 2. The first kappa shape index (κ1) is 61.2. The van der Waals surface area contributed by atoms with Crippen LogP contribution in [0.2, 0.25) is 10.0 Å². The number of hydrogen-bond donors (Lipinski definition) is 13. The van der Waals surface area contributed by atoms with Crippen LogP contribution in [0.25, 0.3) is 10.9 Å². The summed E-state index contributed by atoms with van der Waals surface area (Å²) in [7, 11) is 6.06. The smallest absolute Gasteiger partial charge is 0.360 e. The van der Waals surface area contributed by atoms with Crippen LogP contribution in [0, 0.1) is 23.7 Å². The minimum absolute atomic E-state index is 0.00293. The molecule has 0 spiro atoms. The van der Waals surface area contributed by atoms with Crippen LogP contribution in [0.5, 0.6) is 23.0 Å². The Labute approximate surface area is 489 Å². The Morgan fingerprint density at radius 3 is 1.41 bits per heavy atom. The summed E-state index contributed by atoms with van der Waals surface area (Å²) in [5.74, 6) is -17.0. The Morgan fingerprint density at radius 2 is 1.06 bits per heavy atom. The van der Waals surface area contributed by atoms with Crippen LogP contribution < -0.4 is 26.4 Å². The highest BCUT2D eigenvalue weighted by molar-refractivity contribution is 6.34. The van der Waals surface area contributed by atoms with Crippen molar-refractivity contribution in [2.75, 3.05) is 35.0 Å². The van der Waals surface area contributed by atoms with E-state index in [-0.39, 0.29) is 57.3 Å². The number of ketones is 4. The van der Waals surface area contributed by atoms with E-state index in [0.717, 1.165) is 12.1 Å². The summed E-state index contributed by atoms with van der Waals surface area (Å²) in [6.07, 6.45) is -0.518. The highest BCUT2D eigenvalue weighted by Gasteiger charge is 2.68. The average Bonchev–Trinajstić information content (AvgIpc) is 0.960. The highest BCUT2D eigenvalue weighted by Crippen LogP contribution is 2.60. The topological polar surface area (TPSA) is 454 Å². The predicted molar refractivity (Wildman–Crippen MR) is 294 cm³/mol. The van der Waals surface area contributed by atoms with E-state index < -0.39 is 167 Å². The highest BCUT2D eigenvalue weighted by atomic mass is 35.5. The third kappa shape index (κ3) is 8.65. The molecule has 29 heteroatoms. The molecule has 7 aliphatic rings. The number of carbonyl (C=O) groups is 7. The molecular formula is C56H56Cl2N6O21. The molecule has 85 heavy (non-hydrogen) atoms. The molecular weight excluding hydrogens is 1160 g/mol. The molecule has 10 atom stereocenters. The molecule has 0 saturated carbocycles. The van der Waals surface area contributed by atoms with E-state index in [1.54, 1.807) is 6.07 Å². The quantitative estimate of drug-likeness (QED) is 0.122. The van der Waals surface area contributed by atoms with Gasteiger partial charge in [-0.3, -0.25) is 48.0 Å². The minimum atomic E-state index is -2.78. The number of amides is 2. The minimum Gasteiger partial charge on any atom is -0.510 e. The van der Waals surface area contributed by atoms with Crippen molar-refractivity contribution >= 4 is 75.0 Å². The lowest BCUT2D eigenvalue weighted by Gasteiger charge is -2.52. The van der Waals surface area contributed by atoms with Gasteiger partial charge in [0.05, 0.1) is 45.3 Å². The molecule has 0 unspecified atom stereocenters. The van der Waals surface area contributed by atoms with E-state index in [0.29, 0.717) is 23.6 Å². The molecule has 1 aromatic heterocycles. The number of rotatable bonds is 6. The number of nitrogens with two attached hydrogens (primary N) is 2. The van der Waals surface area contributed by atoms with Gasteiger partial charge in [0.2, 0.25) is 29.5 Å². The number of Topliss-reactive ketones (excluding diaryl/α,β-unsaturated/α-hetero) is 4. The molecule has 15 N–H and O–H groups in total. The SMILES string of the molecule is CCn1nc(C(=O)O)c(=O)c2cc3c(cc21)OCO3.CN(C)[C@@H]1C(O)=C(C(N)=O)C(=O)[C@@]2(O)C(O)=C3C(=O)c4c(O)ccc(Cl)c4[C@@](C)(O)[C@H]3C[C@@H]12.CN(C)[C@@H]1C(O)=C(C(N)=O)C(=O)[C@@]2(O)C(O)=C3C(=O)c4c(O)ccc(Cl)c4[C@@](C)(O)[C@H]3C[C@@H]12. The lowest BCUT2D eigenvalue weighted by Crippen LogP contribution is -2.65. The van der Waals surface area contributed by atoms with E-state index in [4.69, 9.17) is 49.2 Å². The van der Waals surface area contributed by atoms with Crippen molar-refractivity contribution in [2.24, 2.45) is 35.1 Å². The standard InChI is InChI=1S/2C22H23ClN2O8.C12H10N2O5/c2*1-21(32)7-6-8-15(25(2)3)17(28)13(20(24)31)19(30)22(8,33)18(29)11(7)16(27)12-10(26)5-4-9(23)14(12)21;1-2-14-7-4-9-8(18-5-19-9)3-6(7)11(15)10(13-14)12(16)17/h2*4-5,7-8,15,26,28-29,32-33H,6H2,1-3H3,(H2,24,31);3-4H,2,5H2,1H3,(H,16,17)/t2*7-,8-,15-,21-,22-;/m00./s1. The van der Waals surface area contributed by atoms with Crippen LogP contribution in [-0.4, -0.2) is 175 Å². The number of carbonyl (C=O) groups excluding carboxylic acids is 6. The van der Waals surface area contributed by atoms with Gasteiger partial charge < -0.3 is 77.1 Å². The van der Waals surface area contributed by atoms with Crippen molar-refractivity contribution in [1.29, 1.82) is 0 Å². The maximum absolute atomic E-state index is 13.4. The third-order valence-electron chi connectivity index (χ3n) is 17.1. The largest absolute Gasteiger partial charge is 0.510 e. The van der Waals surface area contributed by atoms with Crippen molar-refractivity contribution in [1.82, 2.24) is 19.6 Å². The fourth-order valence-electron chi connectivity index (χ4n) is 13.2. The number of carboxylic acids is 1. The van der Waals surface area contributed by atoms with E-state index in [1.165, 1.54) is 74.7 Å². The van der Waals surface area contributed by atoms with Crippen LogP contribution in [0.1, 0.15) is 75.9 Å². The number of aliphatic hydroxyl groups is 8. The number of primary amides is 2. The van der Waals surface area contributed by atoms with Crippen LogP contribution in [0.3, 0.4) is 0 Å². The van der Waals surface area contributed by atoms with E-state index >= 15 is 0 Å². The Bertz CT molecular complexity index is 3750. The Balaban J connectivity index is 0.000000158. The summed E-state index contributed by atoms with van der Waals surface area (Å²) in [4.78, 5) is 103. The first-order chi connectivity index (χ1) is 39.5. The number of carboxylic acid groups (broad SMARTS) is 1. The van der Waals surface area contributed by atoms with Gasteiger partial charge in [-0.2, -0.15) is 5.10 Å². The molecule has 0 bridgehead atoms. The number of ether oxygens (including phenoxy) is 2. The number of nitrogens with zero attached hydrogens (tertiary/aromatic N) is 4. The maximum Gasteiger partial charge on any atom is 0.360 e.